The van der Waals surface area contributed by atoms with Gasteiger partial charge in [-0.2, -0.15) is 5.10 Å². The van der Waals surface area contributed by atoms with Crippen molar-refractivity contribution >= 4 is 34.2 Å². The topological polar surface area (TPSA) is 98.1 Å². The molecule has 2 amide bonds. The summed E-state index contributed by atoms with van der Waals surface area (Å²) in [7, 11) is 0. The molecule has 0 fully saturated rings. The fraction of sp³-hybridized carbons (Fsp3) is 0.103. The molecule has 2 N–H and O–H groups in total. The standard InChI is InChI=1S/C29H25N5O3/c1-2-34-28-25(18-30-34)24(17-26(33-28)20-10-5-3-6-11-20)29(36)32-22-14-9-15-23(16-22)37-19-27(35)31-21-12-7-4-8-13-21/h3-18H,2,19H2,1H3,(H,31,35)(H,32,36). The maximum absolute atomic E-state index is 13.4. The van der Waals surface area contributed by atoms with E-state index < -0.39 is 0 Å². The minimum absolute atomic E-state index is 0.159. The third-order valence-electron chi connectivity index (χ3n) is 5.74. The molecule has 2 aromatic heterocycles. The Morgan fingerprint density at radius 3 is 2.35 bits per heavy atom. The molecule has 5 aromatic rings. The van der Waals surface area contributed by atoms with Crippen LogP contribution in [0.25, 0.3) is 22.3 Å². The summed E-state index contributed by atoms with van der Waals surface area (Å²) in [4.78, 5) is 30.4. The zero-order chi connectivity index (χ0) is 25.6. The van der Waals surface area contributed by atoms with Crippen molar-refractivity contribution in [3.8, 4) is 17.0 Å². The molecule has 0 spiro atoms. The van der Waals surface area contributed by atoms with Crippen LogP contribution in [0.1, 0.15) is 17.3 Å². The Balaban J connectivity index is 1.34. The molecule has 8 nitrogen and oxygen atoms in total. The highest BCUT2D eigenvalue weighted by Gasteiger charge is 2.18. The molecule has 0 aliphatic rings. The fourth-order valence-electron chi connectivity index (χ4n) is 3.95. The van der Waals surface area contributed by atoms with Gasteiger partial charge in [-0.05, 0) is 37.3 Å². The zero-order valence-corrected chi connectivity index (χ0v) is 20.2. The number of ether oxygens (including phenoxy) is 1. The van der Waals surface area contributed by atoms with Crippen LogP contribution in [0.5, 0.6) is 5.75 Å². The third-order valence-corrected chi connectivity index (χ3v) is 5.74. The molecule has 0 radical (unpaired) electrons. The quantitative estimate of drug-likeness (QED) is 0.303. The van der Waals surface area contributed by atoms with Gasteiger partial charge in [-0.25, -0.2) is 9.67 Å². The highest BCUT2D eigenvalue weighted by Crippen LogP contribution is 2.26. The number of carbonyl (C=O) groups excluding carboxylic acids is 2. The Bertz CT molecular complexity index is 1550. The van der Waals surface area contributed by atoms with E-state index in [0.717, 1.165) is 5.56 Å². The summed E-state index contributed by atoms with van der Waals surface area (Å²) < 4.78 is 7.42. The van der Waals surface area contributed by atoms with E-state index in [-0.39, 0.29) is 18.4 Å². The molecule has 0 aliphatic carbocycles. The van der Waals surface area contributed by atoms with E-state index in [1.54, 1.807) is 53.3 Å². The van der Waals surface area contributed by atoms with Gasteiger partial charge in [0.05, 0.1) is 22.8 Å². The zero-order valence-electron chi connectivity index (χ0n) is 20.2. The molecule has 0 bridgehead atoms. The van der Waals surface area contributed by atoms with Gasteiger partial charge in [-0.1, -0.05) is 54.6 Å². The summed E-state index contributed by atoms with van der Waals surface area (Å²) in [6, 6.07) is 27.6. The number of hydrogen-bond acceptors (Lipinski definition) is 5. The van der Waals surface area contributed by atoms with Crippen LogP contribution in [0.15, 0.2) is 97.2 Å². The number of aryl methyl sites for hydroxylation is 1. The van der Waals surface area contributed by atoms with Gasteiger partial charge >= 0.3 is 0 Å². The van der Waals surface area contributed by atoms with Crippen molar-refractivity contribution in [1.82, 2.24) is 14.8 Å². The van der Waals surface area contributed by atoms with Crippen molar-refractivity contribution in [3.63, 3.8) is 0 Å². The second-order valence-electron chi connectivity index (χ2n) is 8.30. The molecule has 37 heavy (non-hydrogen) atoms. The number of nitrogens with zero attached hydrogens (tertiary/aromatic N) is 3. The molecule has 0 saturated carbocycles. The lowest BCUT2D eigenvalue weighted by Crippen LogP contribution is -2.20. The Labute approximate surface area is 213 Å². The Kier molecular flexibility index (Phi) is 6.89. The first-order valence-electron chi connectivity index (χ1n) is 11.9. The van der Waals surface area contributed by atoms with E-state index in [1.807, 2.05) is 55.5 Å². The van der Waals surface area contributed by atoms with Gasteiger partial charge in [0, 0.05) is 29.5 Å². The molecule has 0 atom stereocenters. The molecule has 2 heterocycles. The van der Waals surface area contributed by atoms with Crippen LogP contribution in [0, 0.1) is 0 Å². The molecule has 5 rings (SSSR count). The van der Waals surface area contributed by atoms with E-state index in [9.17, 15) is 9.59 Å². The van der Waals surface area contributed by atoms with Gasteiger partial charge in [-0.15, -0.1) is 0 Å². The highest BCUT2D eigenvalue weighted by molar-refractivity contribution is 6.12. The van der Waals surface area contributed by atoms with Gasteiger partial charge in [0.25, 0.3) is 11.8 Å². The van der Waals surface area contributed by atoms with E-state index in [0.29, 0.717) is 46.0 Å². The number of aromatic nitrogens is 3. The smallest absolute Gasteiger partial charge is 0.262 e. The molecular formula is C29H25N5O3. The van der Waals surface area contributed by atoms with Gasteiger partial charge < -0.3 is 15.4 Å². The molecular weight excluding hydrogens is 466 g/mol. The lowest BCUT2D eigenvalue weighted by atomic mass is 10.1. The average molecular weight is 492 g/mol. The normalized spacial score (nSPS) is 10.7. The summed E-state index contributed by atoms with van der Waals surface area (Å²) >= 11 is 0. The van der Waals surface area contributed by atoms with Crippen LogP contribution >= 0.6 is 0 Å². The molecule has 8 heteroatoms. The predicted molar refractivity (Wildman–Crippen MR) is 144 cm³/mol. The van der Waals surface area contributed by atoms with Crippen LogP contribution in [-0.4, -0.2) is 33.2 Å². The first-order chi connectivity index (χ1) is 18.1. The van der Waals surface area contributed by atoms with Crippen molar-refractivity contribution in [2.24, 2.45) is 0 Å². The molecule has 0 aliphatic heterocycles. The molecule has 3 aromatic carbocycles. The number of hydrogen-bond donors (Lipinski definition) is 2. The number of nitrogens with one attached hydrogen (secondary N) is 2. The monoisotopic (exact) mass is 491 g/mol. The lowest BCUT2D eigenvalue weighted by molar-refractivity contribution is -0.118. The predicted octanol–water partition coefficient (Wildman–Crippen LogP) is 5.39. The maximum Gasteiger partial charge on any atom is 0.262 e. The Morgan fingerprint density at radius 1 is 0.865 bits per heavy atom. The Hall–Kier alpha value is -4.98. The van der Waals surface area contributed by atoms with E-state index >= 15 is 0 Å². The van der Waals surface area contributed by atoms with E-state index in [2.05, 4.69) is 15.7 Å². The van der Waals surface area contributed by atoms with E-state index in [4.69, 9.17) is 9.72 Å². The second kappa shape index (κ2) is 10.7. The van der Waals surface area contributed by atoms with Crippen LogP contribution in [-0.2, 0) is 11.3 Å². The van der Waals surface area contributed by atoms with Crippen LogP contribution < -0.4 is 15.4 Å². The van der Waals surface area contributed by atoms with Crippen molar-refractivity contribution < 1.29 is 14.3 Å². The first kappa shape index (κ1) is 23.7. The number of amides is 2. The van der Waals surface area contributed by atoms with Gasteiger partial charge in [-0.3, -0.25) is 9.59 Å². The van der Waals surface area contributed by atoms with Crippen molar-refractivity contribution in [3.05, 3.63) is 103 Å². The Morgan fingerprint density at radius 2 is 1.59 bits per heavy atom. The number of fused-ring (bicyclic) bond motifs is 1. The van der Waals surface area contributed by atoms with Gasteiger partial charge in [0.2, 0.25) is 0 Å². The average Bonchev–Trinajstić information content (AvgIpc) is 3.36. The minimum atomic E-state index is -0.292. The lowest BCUT2D eigenvalue weighted by Gasteiger charge is -2.11. The second-order valence-corrected chi connectivity index (χ2v) is 8.30. The summed E-state index contributed by atoms with van der Waals surface area (Å²) in [6.07, 6.45) is 1.67. The van der Waals surface area contributed by atoms with Crippen molar-refractivity contribution in [2.45, 2.75) is 13.5 Å². The number of anilines is 2. The maximum atomic E-state index is 13.4. The largest absolute Gasteiger partial charge is 0.484 e. The van der Waals surface area contributed by atoms with Crippen molar-refractivity contribution in [1.29, 1.82) is 0 Å². The highest BCUT2D eigenvalue weighted by atomic mass is 16.5. The molecule has 0 unspecified atom stereocenters. The van der Waals surface area contributed by atoms with Crippen LogP contribution in [0.3, 0.4) is 0 Å². The SMILES string of the molecule is CCn1ncc2c(C(=O)Nc3cccc(OCC(=O)Nc4ccccc4)c3)cc(-c3ccccc3)nc21. The van der Waals surface area contributed by atoms with Gasteiger partial charge in [0.15, 0.2) is 12.3 Å². The number of para-hydroxylation sites is 1. The van der Waals surface area contributed by atoms with E-state index in [1.165, 1.54) is 0 Å². The van der Waals surface area contributed by atoms with Crippen LogP contribution in [0.2, 0.25) is 0 Å². The van der Waals surface area contributed by atoms with Gasteiger partial charge in [0.1, 0.15) is 5.75 Å². The number of carbonyl (C=O) groups is 2. The number of benzene rings is 3. The number of pyridine rings is 1. The summed E-state index contributed by atoms with van der Waals surface area (Å²) in [5.41, 5.74) is 3.95. The summed E-state index contributed by atoms with van der Waals surface area (Å²) in [5, 5.41) is 10.8. The number of rotatable bonds is 8. The molecule has 184 valence electrons. The van der Waals surface area contributed by atoms with Crippen LogP contribution in [0.4, 0.5) is 11.4 Å². The summed E-state index contributed by atoms with van der Waals surface area (Å²) in [5.74, 6) is -0.106. The molecule has 0 saturated heterocycles. The fourth-order valence-corrected chi connectivity index (χ4v) is 3.95. The first-order valence-corrected chi connectivity index (χ1v) is 11.9. The minimum Gasteiger partial charge on any atom is -0.484 e. The van der Waals surface area contributed by atoms with Crippen molar-refractivity contribution in [2.75, 3.05) is 17.2 Å². The third kappa shape index (κ3) is 5.48. The summed E-state index contributed by atoms with van der Waals surface area (Å²) in [6.45, 7) is 2.45.